The van der Waals surface area contributed by atoms with E-state index in [1.165, 1.54) is 12.7 Å². The van der Waals surface area contributed by atoms with Crippen LogP contribution in [0.2, 0.25) is 0 Å². The number of hydrogen-bond acceptors (Lipinski definition) is 17. The van der Waals surface area contributed by atoms with Crippen molar-refractivity contribution in [3.05, 3.63) is 135 Å². The highest BCUT2D eigenvalue weighted by Crippen LogP contribution is 2.40. The third kappa shape index (κ3) is 17.4. The van der Waals surface area contributed by atoms with E-state index in [2.05, 4.69) is 28.1 Å². The van der Waals surface area contributed by atoms with Gasteiger partial charge in [-0.15, -0.1) is 0 Å². The van der Waals surface area contributed by atoms with E-state index in [9.17, 15) is 28.8 Å². The molecule has 23 nitrogen and oxygen atoms in total. The molecule has 4 aliphatic rings. The number of nitrogens with two attached hydrogens (primary N) is 2. The number of urea groups is 1. The van der Waals surface area contributed by atoms with Crippen molar-refractivity contribution in [3.63, 3.8) is 0 Å². The first-order valence-electron chi connectivity index (χ1n) is 30.3. The SMILES string of the molecule is COc1cc2c(cc1OCc1cccc(COc3cc4c(cc3C)C(=O)N3Cc5ccccc5C[C@H]3C=N4)n1)N=C[C@@H]1Cc3ccc(NC(=O)[C@H](CCCNC(N)=O)CC(=O)[C@@H](NC(=O)CCOCCOCCOCCOCCN)C(C)C)cc3CN1C2=O. The highest BCUT2D eigenvalue weighted by atomic mass is 16.6. The summed E-state index contributed by atoms with van der Waals surface area (Å²) in [6, 6.07) is 24.2. The van der Waals surface area contributed by atoms with Gasteiger partial charge >= 0.3 is 6.03 Å². The number of carbonyl (C=O) groups excluding carboxylic acids is 6. The molecule has 0 bridgehead atoms. The Morgan fingerprint density at radius 2 is 1.26 bits per heavy atom. The Kier molecular flexibility index (Phi) is 23.0. The zero-order valence-corrected chi connectivity index (χ0v) is 51.0. The predicted molar refractivity (Wildman–Crippen MR) is 333 cm³/mol. The number of aliphatic imine (C=N–C) groups is 2. The van der Waals surface area contributed by atoms with Gasteiger partial charge < -0.3 is 70.4 Å². The van der Waals surface area contributed by atoms with Crippen LogP contribution in [0.15, 0.2) is 94.9 Å². The molecule has 4 aromatic carbocycles. The van der Waals surface area contributed by atoms with Crippen molar-refractivity contribution < 1.29 is 61.9 Å². The van der Waals surface area contributed by atoms with Gasteiger partial charge in [-0.1, -0.05) is 50.2 Å². The maximum absolute atomic E-state index is 14.5. The molecule has 4 atom stereocenters. The van der Waals surface area contributed by atoms with Gasteiger partial charge in [0.1, 0.15) is 19.0 Å². The number of carbonyl (C=O) groups is 6. The van der Waals surface area contributed by atoms with E-state index in [4.69, 9.17) is 59.6 Å². The second-order valence-corrected chi connectivity index (χ2v) is 22.6. The minimum absolute atomic E-state index is 0.0167. The number of Topliss-reactive ketones (excluding diaryl/α,β-unsaturated/α-hetero) is 1. The molecule has 0 saturated heterocycles. The molecule has 23 heteroatoms. The Balaban J connectivity index is 0.779. The molecule has 0 saturated carbocycles. The van der Waals surface area contributed by atoms with Crippen molar-refractivity contribution in [2.24, 2.45) is 33.3 Å². The maximum Gasteiger partial charge on any atom is 0.312 e. The fraction of sp³-hybridized carbons (Fsp3) is 0.439. The van der Waals surface area contributed by atoms with E-state index >= 15 is 0 Å². The minimum Gasteiger partial charge on any atom is -0.493 e. The second kappa shape index (κ2) is 31.5. The molecular weight excluding hydrogens is 1140 g/mol. The summed E-state index contributed by atoms with van der Waals surface area (Å²) in [5.41, 5.74) is 19.3. The first-order chi connectivity index (χ1) is 43.2. The Hall–Kier alpha value is -8.61. The summed E-state index contributed by atoms with van der Waals surface area (Å²) in [6.45, 7) is 10.1. The normalized spacial score (nSPS) is 16.1. The number of amides is 6. The van der Waals surface area contributed by atoms with Gasteiger partial charge in [0.25, 0.3) is 11.8 Å². The summed E-state index contributed by atoms with van der Waals surface area (Å²) in [7, 11) is 1.50. The molecular formula is C66H80N10O13. The van der Waals surface area contributed by atoms with Crippen LogP contribution in [0, 0.1) is 18.8 Å². The molecule has 4 aliphatic heterocycles. The van der Waals surface area contributed by atoms with Crippen molar-refractivity contribution in [1.29, 1.82) is 0 Å². The lowest BCUT2D eigenvalue weighted by Gasteiger charge is -2.34. The Morgan fingerprint density at radius 1 is 0.674 bits per heavy atom. The zero-order chi connectivity index (χ0) is 62.8. The number of fused-ring (bicyclic) bond motifs is 6. The molecule has 6 amide bonds. The van der Waals surface area contributed by atoms with E-state index in [0.717, 1.165) is 22.3 Å². The van der Waals surface area contributed by atoms with Crippen LogP contribution < -0.4 is 41.6 Å². The quantitative estimate of drug-likeness (QED) is 0.0282. The highest BCUT2D eigenvalue weighted by Gasteiger charge is 2.36. The molecule has 9 rings (SSSR count). The number of anilines is 1. The number of nitrogens with one attached hydrogen (secondary N) is 3. The third-order valence-electron chi connectivity index (χ3n) is 15.9. The van der Waals surface area contributed by atoms with E-state index < -0.39 is 23.9 Å². The molecule has 0 aliphatic carbocycles. The number of nitrogens with zero attached hydrogens (tertiary/aromatic N) is 5. The molecule has 5 heterocycles. The minimum atomic E-state index is -0.868. The summed E-state index contributed by atoms with van der Waals surface area (Å²) in [5, 5.41) is 8.38. The standard InChI is InChI=1S/C66H80N10O13/c1-41(2)62(74-61(78)16-19-84-21-23-86-25-26-87-24-22-85-20-17-67)57(77)31-45(11-8-18-69-66(68)82)63(79)73-48-15-14-44-30-52-36-71-56-34-60(59(83-4)32-54(56)65(81)76(52)38-47(44)28-48)89-40-50-13-7-12-49(72-50)39-88-58-33-55-53(27-42(58)3)64(80)75-37-46-10-6-5-9-43(46)29-51(75)35-70-55/h5-7,9-10,12-15,27-28,32-36,41,45,51-52,62H,8,11,16-26,29-31,37-40,67H2,1-4H3,(H,73,79)(H,74,78)(H3,68,69,82)/t45-,51+,52+,62+/m1/s1. The number of methoxy groups -OCH3 is 1. The van der Waals surface area contributed by atoms with E-state index in [1.54, 1.807) is 29.3 Å². The lowest BCUT2D eigenvalue weighted by molar-refractivity contribution is -0.131. The van der Waals surface area contributed by atoms with E-state index in [-0.39, 0.29) is 100 Å². The number of aryl methyl sites for hydroxylation is 1. The molecule has 1 aromatic heterocycles. The average molecular weight is 1220 g/mol. The van der Waals surface area contributed by atoms with Gasteiger partial charge in [-0.05, 0) is 103 Å². The number of benzene rings is 4. The van der Waals surface area contributed by atoms with Crippen LogP contribution in [-0.2, 0) is 72.5 Å². The van der Waals surface area contributed by atoms with Crippen molar-refractivity contribution in [1.82, 2.24) is 25.4 Å². The summed E-state index contributed by atoms with van der Waals surface area (Å²) in [4.78, 5) is 99.1. The second-order valence-electron chi connectivity index (χ2n) is 22.6. The Bertz CT molecular complexity index is 3410. The van der Waals surface area contributed by atoms with Gasteiger partial charge in [-0.3, -0.25) is 38.9 Å². The fourth-order valence-electron chi connectivity index (χ4n) is 11.2. The van der Waals surface area contributed by atoms with Crippen LogP contribution in [0.1, 0.15) is 99.5 Å². The number of primary amides is 1. The van der Waals surface area contributed by atoms with Crippen molar-refractivity contribution in [3.8, 4) is 17.2 Å². The highest BCUT2D eigenvalue weighted by molar-refractivity contribution is 6.04. The molecule has 0 spiro atoms. The first kappa shape index (κ1) is 64.9. The largest absolute Gasteiger partial charge is 0.493 e. The van der Waals surface area contributed by atoms with Crippen molar-refractivity contribution in [2.75, 3.05) is 78.4 Å². The lowest BCUT2D eigenvalue weighted by Crippen LogP contribution is -2.46. The number of hydrogen-bond donors (Lipinski definition) is 5. The summed E-state index contributed by atoms with van der Waals surface area (Å²) < 4.78 is 40.2. The molecule has 0 fully saturated rings. The van der Waals surface area contributed by atoms with Crippen molar-refractivity contribution >= 4 is 64.9 Å². The van der Waals surface area contributed by atoms with Crippen LogP contribution in [0.4, 0.5) is 21.9 Å². The third-order valence-corrected chi connectivity index (χ3v) is 15.9. The number of aromatic nitrogens is 1. The maximum atomic E-state index is 14.5. The number of ketones is 1. The van der Waals surface area contributed by atoms with Gasteiger partial charge in [-0.25, -0.2) is 4.79 Å². The Morgan fingerprint density at radius 3 is 1.89 bits per heavy atom. The van der Waals surface area contributed by atoms with E-state index in [0.29, 0.717) is 129 Å². The molecule has 5 aromatic rings. The summed E-state index contributed by atoms with van der Waals surface area (Å²) in [5.74, 6) is -1.24. The number of pyridine rings is 1. The molecule has 0 unspecified atom stereocenters. The van der Waals surface area contributed by atoms with E-state index in [1.807, 2.05) is 86.5 Å². The molecule has 0 radical (unpaired) electrons. The monoisotopic (exact) mass is 1220 g/mol. The van der Waals surface area contributed by atoms with Crippen LogP contribution in [-0.4, -0.2) is 154 Å². The van der Waals surface area contributed by atoms with Gasteiger partial charge in [0.2, 0.25) is 11.8 Å². The van der Waals surface area contributed by atoms with Gasteiger partial charge in [0.05, 0.1) is 112 Å². The summed E-state index contributed by atoms with van der Waals surface area (Å²) >= 11 is 0. The van der Waals surface area contributed by atoms with Crippen LogP contribution in [0.3, 0.4) is 0 Å². The fourth-order valence-corrected chi connectivity index (χ4v) is 11.2. The zero-order valence-electron chi connectivity index (χ0n) is 51.0. The average Bonchev–Trinajstić information content (AvgIpc) is 2.95. The van der Waals surface area contributed by atoms with Crippen molar-refractivity contribution in [2.45, 2.75) is 104 Å². The Labute approximate surface area is 518 Å². The first-order valence-corrected chi connectivity index (χ1v) is 30.3. The predicted octanol–water partition coefficient (Wildman–Crippen LogP) is 6.64. The van der Waals surface area contributed by atoms with Crippen LogP contribution in [0.5, 0.6) is 17.2 Å². The van der Waals surface area contributed by atoms with Gasteiger partial charge in [-0.2, -0.15) is 0 Å². The van der Waals surface area contributed by atoms with Gasteiger partial charge in [0, 0.05) is 75.2 Å². The smallest absolute Gasteiger partial charge is 0.312 e. The summed E-state index contributed by atoms with van der Waals surface area (Å²) in [6.07, 6.45) is 5.23. The molecule has 7 N–H and O–H groups in total. The number of rotatable bonds is 32. The van der Waals surface area contributed by atoms with Gasteiger partial charge in [0.15, 0.2) is 17.3 Å². The topological polar surface area (TPSA) is 299 Å². The molecule has 89 heavy (non-hydrogen) atoms. The van der Waals surface area contributed by atoms with Crippen LogP contribution in [0.25, 0.3) is 0 Å². The molecule has 472 valence electrons. The number of ether oxygens (including phenoxy) is 7. The van der Waals surface area contributed by atoms with Crippen LogP contribution >= 0.6 is 0 Å². The lowest BCUT2D eigenvalue weighted by atomic mass is 9.89.